The van der Waals surface area contributed by atoms with Gasteiger partial charge in [0.2, 0.25) is 0 Å². The van der Waals surface area contributed by atoms with Crippen molar-refractivity contribution in [3.8, 4) is 0 Å². The van der Waals surface area contributed by atoms with E-state index in [0.29, 0.717) is 5.56 Å². The van der Waals surface area contributed by atoms with Gasteiger partial charge in [0, 0.05) is 30.8 Å². The van der Waals surface area contributed by atoms with E-state index in [0.717, 1.165) is 0 Å². The van der Waals surface area contributed by atoms with Crippen molar-refractivity contribution in [3.63, 3.8) is 0 Å². The third-order valence-electron chi connectivity index (χ3n) is 12.7. The number of nitrogens with one attached hydrogen (secondary N) is 1. The third kappa shape index (κ3) is 6.92. The van der Waals surface area contributed by atoms with Crippen LogP contribution in [0.25, 0.3) is 5.57 Å². The minimum Gasteiger partial charge on any atom is -0.456 e. The zero-order chi connectivity index (χ0) is 43.7. The first-order chi connectivity index (χ1) is 28.0. The van der Waals surface area contributed by atoms with Crippen molar-refractivity contribution >= 4 is 29.6 Å². The summed E-state index contributed by atoms with van der Waals surface area (Å²) in [5.41, 5.74) is -7.33. The molecule has 10 atom stereocenters. The number of fused-ring (bicyclic) bond motifs is 8. The molecule has 2 bridgehead atoms. The lowest BCUT2D eigenvalue weighted by Crippen LogP contribution is -2.80. The summed E-state index contributed by atoms with van der Waals surface area (Å²) < 4.78 is 41.6. The van der Waals surface area contributed by atoms with Crippen LogP contribution in [0.3, 0.4) is 0 Å². The molecule has 1 aliphatic heterocycles. The summed E-state index contributed by atoms with van der Waals surface area (Å²) in [7, 11) is 0. The predicted octanol–water partition coefficient (Wildman–Crippen LogP) is 4.28. The predicted molar refractivity (Wildman–Crippen MR) is 209 cm³/mol. The van der Waals surface area contributed by atoms with Crippen LogP contribution >= 0.6 is 0 Å². The Morgan fingerprint density at radius 2 is 1.58 bits per heavy atom. The number of esters is 3. The van der Waals surface area contributed by atoms with Gasteiger partial charge >= 0.3 is 29.8 Å². The lowest BCUT2D eigenvalue weighted by molar-refractivity contribution is -0.338. The molecule has 0 spiro atoms. The Hall–Kier alpha value is -5.29. The third-order valence-corrected chi connectivity index (χ3v) is 12.7. The van der Waals surface area contributed by atoms with Crippen molar-refractivity contribution in [1.29, 1.82) is 0 Å². The quantitative estimate of drug-likeness (QED) is 0.183. The topological polar surface area (TPSA) is 230 Å². The van der Waals surface area contributed by atoms with Gasteiger partial charge in [-0.05, 0) is 57.9 Å². The Labute approximate surface area is 345 Å². The van der Waals surface area contributed by atoms with Crippen molar-refractivity contribution in [3.05, 3.63) is 99.5 Å². The molecule has 3 aromatic rings. The monoisotopic (exact) mass is 833 g/mol. The average molecular weight is 834 g/mol. The van der Waals surface area contributed by atoms with Gasteiger partial charge in [0.05, 0.1) is 35.6 Å². The maximum Gasteiger partial charge on any atom is 0.519 e. The van der Waals surface area contributed by atoms with Gasteiger partial charge in [-0.2, -0.15) is 0 Å². The second-order valence-corrected chi connectivity index (χ2v) is 17.9. The van der Waals surface area contributed by atoms with Gasteiger partial charge in [0.1, 0.15) is 29.5 Å². The molecule has 2 fully saturated rings. The van der Waals surface area contributed by atoms with E-state index < -0.39 is 106 Å². The first-order valence-electron chi connectivity index (χ1n) is 19.8. The molecule has 16 nitrogen and oxygen atoms in total. The molecular formula is C44H51NO15. The first kappa shape index (κ1) is 42.8. The largest absolute Gasteiger partial charge is 0.519 e. The highest BCUT2D eigenvalue weighted by atomic mass is 16.6. The van der Waals surface area contributed by atoms with E-state index in [2.05, 4.69) is 5.32 Å². The minimum absolute atomic E-state index is 0.105. The van der Waals surface area contributed by atoms with Crippen LogP contribution < -0.4 is 11.1 Å². The number of aliphatic hydroxyl groups is 3. The van der Waals surface area contributed by atoms with E-state index in [1.807, 2.05) is 0 Å². The molecule has 1 amide bonds. The van der Waals surface area contributed by atoms with Gasteiger partial charge in [-0.1, -0.05) is 62.4 Å². The lowest BCUT2D eigenvalue weighted by atomic mass is 9.46. The molecule has 1 saturated heterocycles. The highest BCUT2D eigenvalue weighted by Gasteiger charge is 2.77. The molecule has 16 heteroatoms. The van der Waals surface area contributed by atoms with Crippen molar-refractivity contribution in [2.45, 2.75) is 127 Å². The summed E-state index contributed by atoms with van der Waals surface area (Å²) in [4.78, 5) is 67.8. The Morgan fingerprint density at radius 3 is 2.17 bits per heavy atom. The zero-order valence-electron chi connectivity index (χ0n) is 34.7. The first-order valence-corrected chi connectivity index (χ1v) is 19.8. The maximum absolute atomic E-state index is 14.3. The van der Waals surface area contributed by atoms with Gasteiger partial charge in [0.15, 0.2) is 23.2 Å². The van der Waals surface area contributed by atoms with Gasteiger partial charge in [0.25, 0.3) is 0 Å². The molecule has 7 rings (SSSR count). The lowest BCUT2D eigenvalue weighted by Gasteiger charge is -2.66. The van der Waals surface area contributed by atoms with E-state index in [1.54, 1.807) is 97.0 Å². The minimum atomic E-state index is -2.31. The second kappa shape index (κ2) is 15.0. The van der Waals surface area contributed by atoms with E-state index >= 15 is 0 Å². The van der Waals surface area contributed by atoms with Crippen LogP contribution in [0.1, 0.15) is 102 Å². The smallest absolute Gasteiger partial charge is 0.456 e. The summed E-state index contributed by atoms with van der Waals surface area (Å²) in [6.07, 6.45) is -9.03. The Bertz CT molecular complexity index is 2260. The SMILES string of the molecule is CC(=O)O[C@@]12CO[C@@H]1C[C@H](O)[C@@]1(C)c3oc(=O)oc3C3=C(C)[C@@H](OC(=O)[C@H](O)[C@@H](NC(=O)OC(C)(C)C)c4ccccc4)C[C@@](O)([C@@H](OC(=O)c4ccccc4)C12)C3(C)C. The second-order valence-electron chi connectivity index (χ2n) is 17.9. The zero-order valence-corrected chi connectivity index (χ0v) is 34.7. The highest BCUT2D eigenvalue weighted by molar-refractivity contribution is 5.89. The number of amides is 1. The molecule has 3 aliphatic carbocycles. The highest BCUT2D eigenvalue weighted by Crippen LogP contribution is 2.65. The number of ether oxygens (including phenoxy) is 5. The normalized spacial score (nSPS) is 31.3. The number of alkyl carbamates (subject to hydrolysis) is 1. The fourth-order valence-corrected chi connectivity index (χ4v) is 9.78. The summed E-state index contributed by atoms with van der Waals surface area (Å²) in [6.45, 7) is 12.3. The number of benzene rings is 2. The summed E-state index contributed by atoms with van der Waals surface area (Å²) >= 11 is 0. The van der Waals surface area contributed by atoms with Gasteiger partial charge in [-0.3, -0.25) is 4.79 Å². The van der Waals surface area contributed by atoms with E-state index in [1.165, 1.54) is 19.1 Å². The van der Waals surface area contributed by atoms with Crippen LogP contribution in [0.4, 0.5) is 4.79 Å². The number of rotatable bonds is 8. The van der Waals surface area contributed by atoms with Gasteiger partial charge in [-0.25, -0.2) is 19.2 Å². The molecule has 4 N–H and O–H groups in total. The molecule has 4 aliphatic rings. The molecule has 1 aromatic heterocycles. The molecule has 322 valence electrons. The Balaban J connectivity index is 1.40. The Kier molecular flexibility index (Phi) is 10.7. The van der Waals surface area contributed by atoms with Crippen molar-refractivity contribution in [2.75, 3.05) is 6.61 Å². The molecule has 2 aromatic carbocycles. The molecule has 60 heavy (non-hydrogen) atoms. The van der Waals surface area contributed by atoms with Crippen LogP contribution in [0.2, 0.25) is 0 Å². The molecule has 1 unspecified atom stereocenters. The fourth-order valence-electron chi connectivity index (χ4n) is 9.78. The standard InChI is InChI=1S/C44H51NO15/c1-22-26(55-37(50)31(48)30(24-15-11-9-12-16-24)45-38(51)60-40(3,4)5)20-44(53)35(57-36(49)25-17-13-10-14-18-25)33-42(8,27(47)19-28-43(33,21-54-28)59-23(2)46)34-32(56-39(52)58-34)29(22)41(44,6)7/h9-18,26-28,30-31,33,35,47-48,53H,19-21H2,1-8H3,(H,45,51)/t26-,27-,28+,30-,31+,33?,35-,42+,43-,44+/m0/s1. The number of hydrogen-bond donors (Lipinski definition) is 4. The molecular weight excluding hydrogens is 782 g/mol. The molecule has 2 heterocycles. The number of carbonyl (C=O) groups excluding carboxylic acids is 4. The fraction of sp³-hybridized carbons (Fsp3) is 0.523. The number of carbonyl (C=O) groups is 4. The van der Waals surface area contributed by atoms with E-state index in [4.69, 9.17) is 32.5 Å². The van der Waals surface area contributed by atoms with Gasteiger partial charge < -0.3 is 53.2 Å². The Morgan fingerprint density at radius 1 is 0.950 bits per heavy atom. The number of hydrogen-bond acceptors (Lipinski definition) is 15. The van der Waals surface area contributed by atoms with Crippen molar-refractivity contribution in [1.82, 2.24) is 5.32 Å². The molecule has 1 saturated carbocycles. The summed E-state index contributed by atoms with van der Waals surface area (Å²) in [5.74, 6) is -5.73. The summed E-state index contributed by atoms with van der Waals surface area (Å²) in [5, 5.41) is 40.0. The van der Waals surface area contributed by atoms with Crippen molar-refractivity contribution in [2.24, 2.45) is 11.3 Å². The molecule has 0 radical (unpaired) electrons. The summed E-state index contributed by atoms with van der Waals surface area (Å²) in [6, 6.07) is 14.8. The number of aliphatic hydroxyl groups excluding tert-OH is 2. The van der Waals surface area contributed by atoms with Crippen LogP contribution in [-0.4, -0.2) is 93.3 Å². The van der Waals surface area contributed by atoms with Crippen LogP contribution in [0.15, 0.2) is 79.9 Å². The van der Waals surface area contributed by atoms with Crippen LogP contribution in [0, 0.1) is 11.3 Å². The van der Waals surface area contributed by atoms with E-state index in [-0.39, 0.29) is 41.3 Å². The average Bonchev–Trinajstić information content (AvgIpc) is 3.56. The van der Waals surface area contributed by atoms with Gasteiger partial charge in [-0.15, -0.1) is 0 Å². The van der Waals surface area contributed by atoms with E-state index in [9.17, 15) is 39.3 Å². The van der Waals surface area contributed by atoms with Crippen molar-refractivity contribution < 1.29 is 67.0 Å². The van der Waals surface area contributed by atoms with Crippen LogP contribution in [-0.2, 0) is 38.7 Å². The van der Waals surface area contributed by atoms with Crippen LogP contribution in [0.5, 0.6) is 0 Å². The maximum atomic E-state index is 14.3.